The Kier molecular flexibility index (Phi) is 7.01. The zero-order valence-corrected chi connectivity index (χ0v) is 14.9. The first-order valence-corrected chi connectivity index (χ1v) is 8.78. The number of ketones is 1. The van der Waals surface area contributed by atoms with Crippen LogP contribution in [0.3, 0.4) is 0 Å². The number of para-hydroxylation sites is 1. The molecule has 0 amide bonds. The highest BCUT2D eigenvalue weighted by atomic mass is 16.5. The molecule has 0 aliphatic carbocycles. The number of benzene rings is 2. The number of carbonyl (C=O) groups is 1. The lowest BCUT2D eigenvalue weighted by atomic mass is 9.95. The van der Waals surface area contributed by atoms with Gasteiger partial charge < -0.3 is 9.64 Å². The van der Waals surface area contributed by atoms with Crippen LogP contribution in [0.4, 0.5) is 0 Å². The second-order valence-electron chi connectivity index (χ2n) is 5.69. The number of hydrogen-bond acceptors (Lipinski definition) is 3. The van der Waals surface area contributed by atoms with Crippen LogP contribution >= 0.6 is 0 Å². The van der Waals surface area contributed by atoms with Crippen molar-refractivity contribution in [2.24, 2.45) is 0 Å². The third kappa shape index (κ3) is 4.45. The van der Waals surface area contributed by atoms with Gasteiger partial charge in [-0.3, -0.25) is 4.79 Å². The van der Waals surface area contributed by atoms with Gasteiger partial charge in [0, 0.05) is 24.1 Å². The van der Waals surface area contributed by atoms with E-state index >= 15 is 0 Å². The van der Waals surface area contributed by atoms with E-state index in [4.69, 9.17) is 4.74 Å². The van der Waals surface area contributed by atoms with E-state index in [0.717, 1.165) is 42.1 Å². The van der Waals surface area contributed by atoms with Gasteiger partial charge >= 0.3 is 0 Å². The Balaban J connectivity index is 2.25. The summed E-state index contributed by atoms with van der Waals surface area (Å²) in [6.07, 6.45) is 0.502. The molecule has 0 bridgehead atoms. The summed E-state index contributed by atoms with van der Waals surface area (Å²) in [6.45, 7) is 9.80. The van der Waals surface area contributed by atoms with Gasteiger partial charge in [0.05, 0.1) is 0 Å². The lowest BCUT2D eigenvalue weighted by Gasteiger charge is -2.19. The van der Waals surface area contributed by atoms with Crippen molar-refractivity contribution >= 4 is 5.78 Å². The second kappa shape index (κ2) is 9.24. The van der Waals surface area contributed by atoms with Gasteiger partial charge in [-0.25, -0.2) is 0 Å². The highest BCUT2D eigenvalue weighted by Gasteiger charge is 2.14. The molecular weight excluding hydrogens is 298 g/mol. The largest absolute Gasteiger partial charge is 0.492 e. The quantitative estimate of drug-likeness (QED) is 0.628. The molecule has 0 aliphatic rings. The van der Waals surface area contributed by atoms with Crippen molar-refractivity contribution in [2.45, 2.75) is 27.2 Å². The first kappa shape index (κ1) is 18.2. The first-order valence-electron chi connectivity index (χ1n) is 8.78. The minimum atomic E-state index is 0.156. The zero-order chi connectivity index (χ0) is 17.4. The maximum atomic E-state index is 12.3. The highest BCUT2D eigenvalue weighted by molar-refractivity contribution is 6.02. The van der Waals surface area contributed by atoms with Crippen LogP contribution < -0.4 is 4.74 Å². The Hall–Kier alpha value is -2.13. The molecule has 0 aliphatic heterocycles. The number of hydrogen-bond donors (Lipinski definition) is 0. The Bertz CT molecular complexity index is 662. The van der Waals surface area contributed by atoms with Crippen molar-refractivity contribution in [2.75, 3.05) is 26.2 Å². The SMILES string of the molecule is CCC(=O)c1ccccc1-c1ccccc1OCCN(CC)CC. The molecule has 0 fully saturated rings. The second-order valence-corrected chi connectivity index (χ2v) is 5.69. The summed E-state index contributed by atoms with van der Waals surface area (Å²) < 4.78 is 6.04. The number of ether oxygens (including phenoxy) is 1. The van der Waals surface area contributed by atoms with Gasteiger partial charge in [-0.05, 0) is 24.7 Å². The standard InChI is InChI=1S/C21H27NO2/c1-4-20(23)18-12-8-7-11-17(18)19-13-9-10-14-21(19)24-16-15-22(5-2)6-3/h7-14H,4-6,15-16H2,1-3H3. The summed E-state index contributed by atoms with van der Waals surface area (Å²) in [7, 11) is 0. The van der Waals surface area contributed by atoms with E-state index in [1.54, 1.807) is 0 Å². The summed E-state index contributed by atoms with van der Waals surface area (Å²) in [5, 5.41) is 0. The molecule has 0 unspecified atom stereocenters. The van der Waals surface area contributed by atoms with Crippen LogP contribution in [-0.4, -0.2) is 36.9 Å². The van der Waals surface area contributed by atoms with E-state index in [1.165, 1.54) is 0 Å². The van der Waals surface area contributed by atoms with Crippen LogP contribution in [0.25, 0.3) is 11.1 Å². The van der Waals surface area contributed by atoms with Gasteiger partial charge in [0.25, 0.3) is 0 Å². The summed E-state index contributed by atoms with van der Waals surface area (Å²) in [5.41, 5.74) is 2.69. The van der Waals surface area contributed by atoms with E-state index < -0.39 is 0 Å². The molecule has 128 valence electrons. The third-order valence-corrected chi connectivity index (χ3v) is 4.29. The highest BCUT2D eigenvalue weighted by Crippen LogP contribution is 2.32. The molecule has 2 aromatic carbocycles. The smallest absolute Gasteiger partial charge is 0.163 e. The van der Waals surface area contributed by atoms with Gasteiger partial charge in [0.2, 0.25) is 0 Å². The van der Waals surface area contributed by atoms with E-state index in [0.29, 0.717) is 13.0 Å². The van der Waals surface area contributed by atoms with Crippen LogP contribution in [0, 0.1) is 0 Å². The molecule has 24 heavy (non-hydrogen) atoms. The maximum Gasteiger partial charge on any atom is 0.163 e. The average molecular weight is 325 g/mol. The molecular formula is C21H27NO2. The fourth-order valence-electron chi connectivity index (χ4n) is 2.79. The van der Waals surface area contributed by atoms with E-state index in [9.17, 15) is 4.79 Å². The predicted octanol–water partition coefficient (Wildman–Crippen LogP) is 4.67. The van der Waals surface area contributed by atoms with Crippen molar-refractivity contribution in [1.29, 1.82) is 0 Å². The number of carbonyl (C=O) groups excluding carboxylic acids is 1. The van der Waals surface area contributed by atoms with Gasteiger partial charge in [0.15, 0.2) is 5.78 Å². The van der Waals surface area contributed by atoms with Crippen molar-refractivity contribution in [1.82, 2.24) is 4.90 Å². The molecule has 0 heterocycles. The minimum Gasteiger partial charge on any atom is -0.492 e. The lowest BCUT2D eigenvalue weighted by Crippen LogP contribution is -2.27. The Morgan fingerprint density at radius 1 is 0.917 bits per heavy atom. The number of likely N-dealkylation sites (N-methyl/N-ethyl adjacent to an activating group) is 1. The fourth-order valence-corrected chi connectivity index (χ4v) is 2.79. The van der Waals surface area contributed by atoms with Crippen LogP contribution in [0.5, 0.6) is 5.75 Å². The third-order valence-electron chi connectivity index (χ3n) is 4.29. The molecule has 3 heteroatoms. The van der Waals surface area contributed by atoms with E-state index in [1.807, 2.05) is 55.5 Å². The van der Waals surface area contributed by atoms with Crippen molar-refractivity contribution in [3.05, 3.63) is 54.1 Å². The molecule has 0 saturated carbocycles. The van der Waals surface area contributed by atoms with E-state index in [2.05, 4.69) is 18.7 Å². The van der Waals surface area contributed by atoms with Gasteiger partial charge in [-0.2, -0.15) is 0 Å². The Morgan fingerprint density at radius 3 is 2.21 bits per heavy atom. The average Bonchev–Trinajstić information content (AvgIpc) is 2.65. The molecule has 0 radical (unpaired) electrons. The van der Waals surface area contributed by atoms with Gasteiger partial charge in [0.1, 0.15) is 12.4 Å². The van der Waals surface area contributed by atoms with Crippen LogP contribution in [0.1, 0.15) is 37.6 Å². The Morgan fingerprint density at radius 2 is 1.54 bits per heavy atom. The maximum absolute atomic E-state index is 12.3. The predicted molar refractivity (Wildman–Crippen MR) is 99.8 cm³/mol. The fraction of sp³-hybridized carbons (Fsp3) is 0.381. The van der Waals surface area contributed by atoms with Gasteiger partial charge in [-0.15, -0.1) is 0 Å². The molecule has 3 nitrogen and oxygen atoms in total. The topological polar surface area (TPSA) is 29.5 Å². The molecule has 2 aromatic rings. The monoisotopic (exact) mass is 325 g/mol. The van der Waals surface area contributed by atoms with Crippen LogP contribution in [-0.2, 0) is 0 Å². The molecule has 0 saturated heterocycles. The summed E-state index contributed by atoms with van der Waals surface area (Å²) in [4.78, 5) is 14.6. The van der Waals surface area contributed by atoms with Crippen LogP contribution in [0.2, 0.25) is 0 Å². The lowest BCUT2D eigenvalue weighted by molar-refractivity contribution is 0.0989. The summed E-state index contributed by atoms with van der Waals surface area (Å²) in [6, 6.07) is 15.7. The molecule has 0 atom stereocenters. The van der Waals surface area contributed by atoms with Crippen molar-refractivity contribution in [3.8, 4) is 16.9 Å². The van der Waals surface area contributed by atoms with Gasteiger partial charge in [-0.1, -0.05) is 63.2 Å². The molecule has 0 N–H and O–H groups in total. The minimum absolute atomic E-state index is 0.156. The van der Waals surface area contributed by atoms with E-state index in [-0.39, 0.29) is 5.78 Å². The Labute approximate surface area is 145 Å². The number of nitrogens with zero attached hydrogens (tertiary/aromatic N) is 1. The summed E-state index contributed by atoms with van der Waals surface area (Å²) >= 11 is 0. The normalized spacial score (nSPS) is 10.8. The molecule has 0 aromatic heterocycles. The zero-order valence-electron chi connectivity index (χ0n) is 14.9. The summed E-state index contributed by atoms with van der Waals surface area (Å²) in [5.74, 6) is 0.990. The van der Waals surface area contributed by atoms with Crippen molar-refractivity contribution in [3.63, 3.8) is 0 Å². The van der Waals surface area contributed by atoms with Crippen LogP contribution in [0.15, 0.2) is 48.5 Å². The number of rotatable bonds is 9. The first-order chi connectivity index (χ1) is 11.7. The number of Topliss-reactive ketones (excluding diaryl/α,β-unsaturated/α-hetero) is 1. The molecule has 0 spiro atoms. The van der Waals surface area contributed by atoms with Crippen molar-refractivity contribution < 1.29 is 9.53 Å². The molecule has 2 rings (SSSR count).